The predicted molar refractivity (Wildman–Crippen MR) is 71.5 cm³/mol. The number of carboxylic acid groups (broad SMARTS) is 1. The molecule has 3 nitrogen and oxygen atoms in total. The van der Waals surface area contributed by atoms with E-state index < -0.39 is 11.8 Å². The first-order chi connectivity index (χ1) is 9.08. The van der Waals surface area contributed by atoms with Crippen molar-refractivity contribution in [3.05, 3.63) is 39.6 Å². The quantitative estimate of drug-likeness (QED) is 0.924. The number of aromatic carboxylic acids is 1. The van der Waals surface area contributed by atoms with Gasteiger partial charge in [0.1, 0.15) is 15.7 Å². The lowest BCUT2D eigenvalue weighted by Crippen LogP contribution is -1.97. The van der Waals surface area contributed by atoms with Crippen LogP contribution in [0.25, 0.3) is 10.6 Å². The SMILES string of the molecule is O=C(O)c1sc(-c2c(F)cccc2Cl)nc1C1CC1. The van der Waals surface area contributed by atoms with Crippen LogP contribution in [-0.2, 0) is 0 Å². The summed E-state index contributed by atoms with van der Waals surface area (Å²) in [5.41, 5.74) is 0.746. The van der Waals surface area contributed by atoms with Crippen molar-refractivity contribution in [2.24, 2.45) is 0 Å². The van der Waals surface area contributed by atoms with Gasteiger partial charge in [-0.15, -0.1) is 11.3 Å². The molecule has 1 aromatic heterocycles. The summed E-state index contributed by atoms with van der Waals surface area (Å²) < 4.78 is 13.8. The van der Waals surface area contributed by atoms with E-state index >= 15 is 0 Å². The maximum atomic E-state index is 13.8. The standard InChI is InChI=1S/C13H9ClFNO2S/c14-7-2-1-3-8(15)9(7)12-16-10(6-4-5-6)11(19-12)13(17)18/h1-3,6H,4-5H2,(H,17,18). The Morgan fingerprint density at radius 3 is 2.79 bits per heavy atom. The van der Waals surface area contributed by atoms with Crippen LogP contribution in [0.4, 0.5) is 4.39 Å². The fourth-order valence-electron chi connectivity index (χ4n) is 1.93. The Hall–Kier alpha value is -1.46. The molecule has 2 aromatic rings. The van der Waals surface area contributed by atoms with Crippen LogP contribution in [0.5, 0.6) is 0 Å². The third-order valence-corrected chi connectivity index (χ3v) is 4.38. The molecule has 0 saturated heterocycles. The normalized spacial score (nSPS) is 14.6. The summed E-state index contributed by atoms with van der Waals surface area (Å²) in [4.78, 5) is 15.7. The Kier molecular flexibility index (Phi) is 3.03. The van der Waals surface area contributed by atoms with Crippen molar-refractivity contribution in [1.29, 1.82) is 0 Å². The van der Waals surface area contributed by atoms with Crippen LogP contribution in [0, 0.1) is 5.82 Å². The first-order valence-corrected chi connectivity index (χ1v) is 6.95. The summed E-state index contributed by atoms with van der Waals surface area (Å²) in [6, 6.07) is 4.37. The number of thiazole rings is 1. The molecule has 0 atom stereocenters. The number of carbonyl (C=O) groups is 1. The summed E-state index contributed by atoms with van der Waals surface area (Å²) in [5, 5.41) is 9.76. The highest BCUT2D eigenvalue weighted by Crippen LogP contribution is 2.45. The largest absolute Gasteiger partial charge is 0.477 e. The zero-order valence-corrected chi connectivity index (χ0v) is 11.3. The average molecular weight is 298 g/mol. The number of benzene rings is 1. The lowest BCUT2D eigenvalue weighted by Gasteiger charge is -2.01. The molecule has 1 heterocycles. The van der Waals surface area contributed by atoms with Crippen molar-refractivity contribution in [2.45, 2.75) is 18.8 Å². The van der Waals surface area contributed by atoms with E-state index in [2.05, 4.69) is 4.98 Å². The van der Waals surface area contributed by atoms with Gasteiger partial charge in [-0.2, -0.15) is 0 Å². The van der Waals surface area contributed by atoms with Gasteiger partial charge in [0, 0.05) is 5.92 Å². The molecule has 0 unspecified atom stereocenters. The van der Waals surface area contributed by atoms with Crippen LogP contribution in [0.2, 0.25) is 5.02 Å². The second kappa shape index (κ2) is 4.58. The Labute approximate surface area is 117 Å². The number of hydrogen-bond acceptors (Lipinski definition) is 3. The number of hydrogen-bond donors (Lipinski definition) is 1. The van der Waals surface area contributed by atoms with Gasteiger partial charge in [0.25, 0.3) is 0 Å². The highest BCUT2D eigenvalue weighted by atomic mass is 35.5. The number of carboxylic acids is 1. The number of halogens is 2. The molecular weight excluding hydrogens is 289 g/mol. The minimum atomic E-state index is -1.02. The monoisotopic (exact) mass is 297 g/mol. The highest BCUT2D eigenvalue weighted by molar-refractivity contribution is 7.17. The molecule has 1 aromatic carbocycles. The molecule has 3 rings (SSSR count). The number of nitrogens with zero attached hydrogens (tertiary/aromatic N) is 1. The van der Waals surface area contributed by atoms with E-state index in [4.69, 9.17) is 11.6 Å². The van der Waals surface area contributed by atoms with Gasteiger partial charge in [-0.1, -0.05) is 17.7 Å². The van der Waals surface area contributed by atoms with Crippen molar-refractivity contribution in [3.8, 4) is 10.6 Å². The fraction of sp³-hybridized carbons (Fsp3) is 0.231. The molecule has 1 N–H and O–H groups in total. The molecule has 1 aliphatic carbocycles. The average Bonchev–Trinajstić information content (AvgIpc) is 3.09. The van der Waals surface area contributed by atoms with E-state index in [9.17, 15) is 14.3 Å². The van der Waals surface area contributed by atoms with Crippen molar-refractivity contribution in [1.82, 2.24) is 4.98 Å². The summed E-state index contributed by atoms with van der Waals surface area (Å²) in [5.74, 6) is -1.31. The van der Waals surface area contributed by atoms with Gasteiger partial charge in [0.05, 0.1) is 16.3 Å². The molecule has 1 aliphatic rings. The van der Waals surface area contributed by atoms with Gasteiger partial charge in [-0.05, 0) is 25.0 Å². The molecule has 0 radical (unpaired) electrons. The molecule has 0 spiro atoms. The third-order valence-electron chi connectivity index (χ3n) is 2.99. The molecule has 1 fully saturated rings. The summed E-state index contributed by atoms with van der Waals surface area (Å²) in [6.07, 6.45) is 1.88. The van der Waals surface area contributed by atoms with Gasteiger partial charge in [0.15, 0.2) is 0 Å². The van der Waals surface area contributed by atoms with Gasteiger partial charge >= 0.3 is 5.97 Å². The molecule has 6 heteroatoms. The maximum Gasteiger partial charge on any atom is 0.347 e. The number of rotatable bonds is 3. The molecule has 19 heavy (non-hydrogen) atoms. The van der Waals surface area contributed by atoms with Crippen LogP contribution in [0.15, 0.2) is 18.2 Å². The van der Waals surface area contributed by atoms with Crippen LogP contribution < -0.4 is 0 Å². The van der Waals surface area contributed by atoms with Crippen molar-refractivity contribution < 1.29 is 14.3 Å². The van der Waals surface area contributed by atoms with Crippen molar-refractivity contribution in [2.75, 3.05) is 0 Å². The minimum Gasteiger partial charge on any atom is -0.477 e. The molecule has 0 bridgehead atoms. The second-order valence-electron chi connectivity index (χ2n) is 4.41. The van der Waals surface area contributed by atoms with Crippen LogP contribution >= 0.6 is 22.9 Å². The van der Waals surface area contributed by atoms with E-state index in [0.29, 0.717) is 10.7 Å². The van der Waals surface area contributed by atoms with Gasteiger partial charge in [-0.3, -0.25) is 0 Å². The van der Waals surface area contributed by atoms with E-state index in [0.717, 1.165) is 24.2 Å². The molecule has 98 valence electrons. The van der Waals surface area contributed by atoms with Gasteiger partial charge in [0.2, 0.25) is 0 Å². The zero-order valence-electron chi connectivity index (χ0n) is 9.69. The zero-order chi connectivity index (χ0) is 13.6. The molecular formula is C13H9ClFNO2S. The van der Waals surface area contributed by atoms with Crippen LogP contribution in [0.1, 0.15) is 34.1 Å². The van der Waals surface area contributed by atoms with Gasteiger partial charge < -0.3 is 5.11 Å². The first kappa shape index (κ1) is 12.6. The lowest BCUT2D eigenvalue weighted by molar-refractivity contribution is 0.0700. The van der Waals surface area contributed by atoms with Crippen LogP contribution in [-0.4, -0.2) is 16.1 Å². The topological polar surface area (TPSA) is 50.2 Å². The first-order valence-electron chi connectivity index (χ1n) is 5.76. The molecule has 1 saturated carbocycles. The summed E-state index contributed by atoms with van der Waals surface area (Å²) in [7, 11) is 0. The van der Waals surface area contributed by atoms with E-state index in [1.807, 2.05) is 0 Å². The van der Waals surface area contributed by atoms with E-state index in [-0.39, 0.29) is 21.4 Å². The smallest absolute Gasteiger partial charge is 0.347 e. The molecule has 0 aliphatic heterocycles. The van der Waals surface area contributed by atoms with E-state index in [1.54, 1.807) is 6.07 Å². The highest BCUT2D eigenvalue weighted by Gasteiger charge is 2.32. The van der Waals surface area contributed by atoms with Crippen LogP contribution in [0.3, 0.4) is 0 Å². The predicted octanol–water partition coefficient (Wildman–Crippen LogP) is 4.18. The summed E-state index contributed by atoms with van der Waals surface area (Å²) >= 11 is 6.96. The Balaban J connectivity index is 2.16. The third kappa shape index (κ3) is 2.24. The Bertz CT molecular complexity index is 646. The van der Waals surface area contributed by atoms with Crippen molar-refractivity contribution in [3.63, 3.8) is 0 Å². The number of aromatic nitrogens is 1. The minimum absolute atomic E-state index is 0.184. The lowest BCUT2D eigenvalue weighted by atomic mass is 10.2. The summed E-state index contributed by atoms with van der Waals surface area (Å²) in [6.45, 7) is 0. The molecule has 0 amide bonds. The fourth-order valence-corrected chi connectivity index (χ4v) is 3.29. The van der Waals surface area contributed by atoms with Gasteiger partial charge in [-0.25, -0.2) is 14.2 Å². The Morgan fingerprint density at radius 1 is 1.47 bits per heavy atom. The maximum absolute atomic E-state index is 13.8. The second-order valence-corrected chi connectivity index (χ2v) is 5.82. The van der Waals surface area contributed by atoms with E-state index in [1.165, 1.54) is 12.1 Å². The van der Waals surface area contributed by atoms with Crippen molar-refractivity contribution >= 4 is 28.9 Å². The Morgan fingerprint density at radius 2 is 2.21 bits per heavy atom.